The largest absolute Gasteiger partial charge is 0.449 e. The number of halogens is 5. The molecule has 13 heteroatoms. The minimum absolute atomic E-state index is 0.338. The third-order valence-electron chi connectivity index (χ3n) is 5.10. The van der Waals surface area contributed by atoms with Crippen LogP contribution in [0.3, 0.4) is 0 Å². The number of carbonyl (C=O) groups is 1. The van der Waals surface area contributed by atoms with Crippen LogP contribution in [0, 0.1) is 5.82 Å². The molecule has 1 aromatic carbocycles. The van der Waals surface area contributed by atoms with Crippen molar-refractivity contribution in [3.05, 3.63) is 30.1 Å². The van der Waals surface area contributed by atoms with E-state index in [1.807, 2.05) is 0 Å². The Labute approximate surface area is 177 Å². The third-order valence-corrected chi connectivity index (χ3v) is 7.11. The number of nitrogens with zero attached hydrogens (tertiary/aromatic N) is 3. The van der Waals surface area contributed by atoms with Crippen LogP contribution in [0.2, 0.25) is 0 Å². The fourth-order valence-electron chi connectivity index (χ4n) is 3.36. The third kappa shape index (κ3) is 5.14. The van der Waals surface area contributed by atoms with Gasteiger partial charge in [0, 0.05) is 20.5 Å². The van der Waals surface area contributed by atoms with Crippen LogP contribution in [-0.2, 0) is 14.8 Å². The number of nitrogens with one attached hydrogen (secondary N) is 1. The smallest absolute Gasteiger partial charge is 0.336 e. The number of sulfonamides is 1. The van der Waals surface area contributed by atoms with Crippen molar-refractivity contribution in [3.8, 4) is 0 Å². The van der Waals surface area contributed by atoms with Gasteiger partial charge in [-0.1, -0.05) is 0 Å². The highest BCUT2D eigenvalue weighted by atomic mass is 32.2. The molecule has 1 amide bonds. The van der Waals surface area contributed by atoms with Crippen molar-refractivity contribution in [1.82, 2.24) is 14.5 Å². The number of hydrogen-bond acceptors (Lipinski definition) is 4. The molecule has 7 nitrogen and oxygen atoms in total. The first-order valence-electron chi connectivity index (χ1n) is 9.22. The molecule has 0 bridgehead atoms. The van der Waals surface area contributed by atoms with Crippen molar-refractivity contribution < 1.29 is 35.2 Å². The van der Waals surface area contributed by atoms with Gasteiger partial charge in [0.15, 0.2) is 0 Å². The summed E-state index contributed by atoms with van der Waals surface area (Å²) in [6.07, 6.45) is -8.15. The number of alkyl halides is 4. The molecule has 1 saturated heterocycles. The molecule has 0 aliphatic carbocycles. The van der Waals surface area contributed by atoms with Gasteiger partial charge < -0.3 is 10.2 Å². The second-order valence-electron chi connectivity index (χ2n) is 7.14. The van der Waals surface area contributed by atoms with Crippen LogP contribution >= 0.6 is 0 Å². The van der Waals surface area contributed by atoms with Crippen LogP contribution in [-0.4, -0.2) is 74.1 Å². The maximum Gasteiger partial charge on any atom is 0.449 e. The highest BCUT2D eigenvalue weighted by Crippen LogP contribution is 2.33. The molecule has 1 aromatic rings. The van der Waals surface area contributed by atoms with Crippen molar-refractivity contribution in [3.63, 3.8) is 0 Å². The van der Waals surface area contributed by atoms with Crippen LogP contribution in [0.5, 0.6) is 0 Å². The first-order valence-corrected chi connectivity index (χ1v) is 10.7. The zero-order chi connectivity index (χ0) is 23.7. The molecule has 1 unspecified atom stereocenters. The Morgan fingerprint density at radius 1 is 1.29 bits per heavy atom. The van der Waals surface area contributed by atoms with Crippen LogP contribution < -0.4 is 5.32 Å². The van der Waals surface area contributed by atoms with Crippen molar-refractivity contribution in [2.45, 2.75) is 55.8 Å². The second-order valence-corrected chi connectivity index (χ2v) is 8.98. The lowest BCUT2D eigenvalue weighted by Crippen LogP contribution is -2.55. The molecule has 4 atom stereocenters. The maximum atomic E-state index is 14.4. The first kappa shape index (κ1) is 25.0. The summed E-state index contributed by atoms with van der Waals surface area (Å²) in [6.45, 7) is 2.53. The summed E-state index contributed by atoms with van der Waals surface area (Å²) in [7, 11) is -2.38. The molecule has 1 heterocycles. The van der Waals surface area contributed by atoms with E-state index in [0.717, 1.165) is 38.4 Å². The van der Waals surface area contributed by atoms with E-state index in [2.05, 4.69) is 10.3 Å². The Kier molecular flexibility index (Phi) is 7.31. The fourth-order valence-corrected chi connectivity index (χ4v) is 5.17. The number of carbonyl (C=O) groups excluding carboxylic acids is 1. The topological polar surface area (TPSA) is 82.1 Å². The Balaban J connectivity index is 2.29. The average molecular weight is 470 g/mol. The molecular formula is C18H23F5N4O3S. The van der Waals surface area contributed by atoms with Gasteiger partial charge in [-0.25, -0.2) is 17.2 Å². The first-order chi connectivity index (χ1) is 14.2. The minimum atomic E-state index is -4.77. The predicted molar refractivity (Wildman–Crippen MR) is 103 cm³/mol. The maximum absolute atomic E-state index is 14.4. The standard InChI is InChI=1S/C18H23F5N4O3S/c1-10-14(20)9-15(27(10)31(29,30)13-7-5-12(19)6-8-13)16(28)25-11(2)26(4)17(24-3)18(21,22)23/h5-8,10-11,14-15H,9H2,1-4H3,(H,25,28)/b24-17-/t10-,11?,14+,15-/m0/s1. The lowest BCUT2D eigenvalue weighted by molar-refractivity contribution is -0.126. The van der Waals surface area contributed by atoms with E-state index in [1.165, 1.54) is 13.8 Å². The number of amidine groups is 1. The van der Waals surface area contributed by atoms with E-state index < -0.39 is 64.6 Å². The Bertz CT molecular complexity index is 937. The molecule has 1 aliphatic rings. The molecule has 1 fully saturated rings. The van der Waals surface area contributed by atoms with Gasteiger partial charge in [0.05, 0.1) is 17.1 Å². The number of aliphatic imine (C=N–C) groups is 1. The molecular weight excluding hydrogens is 447 g/mol. The van der Waals surface area contributed by atoms with Crippen molar-refractivity contribution in [2.24, 2.45) is 4.99 Å². The Hall–Kier alpha value is -2.28. The van der Waals surface area contributed by atoms with E-state index >= 15 is 0 Å². The molecule has 0 saturated carbocycles. The van der Waals surface area contributed by atoms with E-state index in [9.17, 15) is 35.2 Å². The van der Waals surface area contributed by atoms with Crippen molar-refractivity contribution in [1.29, 1.82) is 0 Å². The summed E-state index contributed by atoms with van der Waals surface area (Å²) in [6, 6.07) is 1.10. The van der Waals surface area contributed by atoms with Gasteiger partial charge in [-0.3, -0.25) is 9.79 Å². The molecule has 0 aromatic heterocycles. The Morgan fingerprint density at radius 2 is 1.84 bits per heavy atom. The van der Waals surface area contributed by atoms with Gasteiger partial charge in [0.1, 0.15) is 18.0 Å². The molecule has 2 rings (SSSR count). The van der Waals surface area contributed by atoms with E-state index in [1.54, 1.807) is 0 Å². The predicted octanol–water partition coefficient (Wildman–Crippen LogP) is 2.30. The fraction of sp³-hybridized carbons (Fsp3) is 0.556. The highest BCUT2D eigenvalue weighted by molar-refractivity contribution is 7.89. The lowest BCUT2D eigenvalue weighted by atomic mass is 10.1. The summed E-state index contributed by atoms with van der Waals surface area (Å²) < 4.78 is 93.4. The molecule has 1 aliphatic heterocycles. The van der Waals surface area contributed by atoms with E-state index in [0.29, 0.717) is 9.21 Å². The highest BCUT2D eigenvalue weighted by Gasteiger charge is 2.49. The van der Waals surface area contributed by atoms with Gasteiger partial charge in [-0.15, -0.1) is 0 Å². The zero-order valence-corrected chi connectivity index (χ0v) is 18.0. The van der Waals surface area contributed by atoms with Crippen LogP contribution in [0.1, 0.15) is 20.3 Å². The van der Waals surface area contributed by atoms with E-state index in [4.69, 9.17) is 0 Å². The lowest BCUT2D eigenvalue weighted by Gasteiger charge is -2.32. The van der Waals surface area contributed by atoms with Gasteiger partial charge in [0.2, 0.25) is 21.8 Å². The van der Waals surface area contributed by atoms with Gasteiger partial charge >= 0.3 is 6.18 Å². The van der Waals surface area contributed by atoms with Gasteiger partial charge in [-0.05, 0) is 38.1 Å². The number of amides is 1. The monoisotopic (exact) mass is 470 g/mol. The summed E-state index contributed by atoms with van der Waals surface area (Å²) >= 11 is 0. The summed E-state index contributed by atoms with van der Waals surface area (Å²) in [5, 5.41) is 2.29. The Morgan fingerprint density at radius 3 is 2.32 bits per heavy atom. The van der Waals surface area contributed by atoms with Gasteiger partial charge in [0.25, 0.3) is 0 Å². The number of rotatable bonds is 5. The molecule has 31 heavy (non-hydrogen) atoms. The summed E-state index contributed by atoms with van der Waals surface area (Å²) in [4.78, 5) is 16.3. The second kappa shape index (κ2) is 9.07. The number of benzene rings is 1. The van der Waals surface area contributed by atoms with Crippen molar-refractivity contribution in [2.75, 3.05) is 14.1 Å². The molecule has 174 valence electrons. The van der Waals surface area contributed by atoms with Crippen LogP contribution in [0.15, 0.2) is 34.2 Å². The zero-order valence-electron chi connectivity index (χ0n) is 17.2. The average Bonchev–Trinajstić information content (AvgIpc) is 2.97. The van der Waals surface area contributed by atoms with Crippen molar-refractivity contribution >= 4 is 21.8 Å². The van der Waals surface area contributed by atoms with Gasteiger partial charge in [-0.2, -0.15) is 17.5 Å². The molecule has 0 spiro atoms. The minimum Gasteiger partial charge on any atom is -0.336 e. The summed E-state index contributed by atoms with van der Waals surface area (Å²) in [5.74, 6) is -2.89. The normalized spacial score (nSPS) is 24.2. The molecule has 1 N–H and O–H groups in total. The summed E-state index contributed by atoms with van der Waals surface area (Å²) in [5.41, 5.74) is 0. The SMILES string of the molecule is C/N=C(\N(C)C(C)NC(=O)[C@@H]1C[C@@H](F)[C@H](C)N1S(=O)(=O)c1ccc(F)cc1)C(F)(F)F. The van der Waals surface area contributed by atoms with E-state index in [-0.39, 0.29) is 4.90 Å². The quantitative estimate of drug-likeness (QED) is 0.310. The molecule has 0 radical (unpaired) electrons. The number of hydrogen-bond donors (Lipinski definition) is 1. The van der Waals surface area contributed by atoms with Crippen LogP contribution in [0.25, 0.3) is 0 Å². The van der Waals surface area contributed by atoms with Crippen LogP contribution in [0.4, 0.5) is 22.0 Å².